The summed E-state index contributed by atoms with van der Waals surface area (Å²) in [5.41, 5.74) is 1.73. The third-order valence-electron chi connectivity index (χ3n) is 1.84. The lowest BCUT2D eigenvalue weighted by Gasteiger charge is -2.05. The number of carbonyl (C=O) groups is 1. The van der Waals surface area contributed by atoms with E-state index in [4.69, 9.17) is 22.0 Å². The predicted octanol–water partition coefficient (Wildman–Crippen LogP) is 2.69. The lowest BCUT2D eigenvalue weighted by molar-refractivity contribution is -0.136. The molecule has 0 aromatic heterocycles. The molecule has 5 heteroatoms. The van der Waals surface area contributed by atoms with Crippen molar-refractivity contribution in [1.82, 2.24) is 0 Å². The van der Waals surface area contributed by atoms with Gasteiger partial charge in [0.1, 0.15) is 6.07 Å². The van der Waals surface area contributed by atoms with Crippen LogP contribution in [0.5, 0.6) is 0 Å². The molecule has 0 amide bonds. The van der Waals surface area contributed by atoms with Crippen LogP contribution in [0.15, 0.2) is 16.6 Å². The lowest BCUT2D eigenvalue weighted by Crippen LogP contribution is -2.01. The van der Waals surface area contributed by atoms with Crippen LogP contribution in [0.2, 0.25) is 0 Å². The number of nitriles is 1. The first-order valence-corrected chi connectivity index (χ1v) is 5.40. The first-order valence-electron chi connectivity index (χ1n) is 4.07. The van der Waals surface area contributed by atoms with Crippen molar-refractivity contribution in [2.24, 2.45) is 0 Å². The molecule has 1 aromatic rings. The SMILES string of the molecule is N#Cc1c(Br)cc(CC(=O)O)cc1CCl. The summed E-state index contributed by atoms with van der Waals surface area (Å²) < 4.78 is 0.583. The molecule has 0 bridgehead atoms. The highest BCUT2D eigenvalue weighted by Crippen LogP contribution is 2.24. The Labute approximate surface area is 100 Å². The topological polar surface area (TPSA) is 61.1 Å². The fourth-order valence-corrected chi connectivity index (χ4v) is 2.08. The average Bonchev–Trinajstić information content (AvgIpc) is 2.15. The molecule has 0 aliphatic heterocycles. The second kappa shape index (κ2) is 5.15. The molecule has 1 N–H and O–H groups in total. The number of carboxylic acid groups (broad SMARTS) is 1. The third-order valence-corrected chi connectivity index (χ3v) is 2.76. The van der Waals surface area contributed by atoms with E-state index in [2.05, 4.69) is 15.9 Å². The average molecular weight is 289 g/mol. The number of rotatable bonds is 3. The van der Waals surface area contributed by atoms with Gasteiger partial charge in [0, 0.05) is 10.4 Å². The maximum Gasteiger partial charge on any atom is 0.307 e. The zero-order valence-corrected chi connectivity index (χ0v) is 9.97. The largest absolute Gasteiger partial charge is 0.481 e. The van der Waals surface area contributed by atoms with Crippen LogP contribution in [0.3, 0.4) is 0 Å². The maximum absolute atomic E-state index is 10.5. The number of benzene rings is 1. The molecule has 0 radical (unpaired) electrons. The van der Waals surface area contributed by atoms with E-state index in [1.807, 2.05) is 6.07 Å². The Bertz CT molecular complexity index is 440. The number of hydrogen-bond donors (Lipinski definition) is 1. The lowest BCUT2D eigenvalue weighted by atomic mass is 10.0. The molecule has 0 saturated carbocycles. The quantitative estimate of drug-likeness (QED) is 0.870. The summed E-state index contributed by atoms with van der Waals surface area (Å²) in [6.07, 6.45) is -0.0752. The van der Waals surface area contributed by atoms with Crippen LogP contribution in [0.1, 0.15) is 16.7 Å². The zero-order chi connectivity index (χ0) is 11.4. The maximum atomic E-state index is 10.5. The zero-order valence-electron chi connectivity index (χ0n) is 7.63. The standard InChI is InChI=1S/C10H7BrClNO2/c11-9-2-6(3-10(14)15)1-7(4-12)8(9)5-13/h1-2H,3-4H2,(H,14,15). The van der Waals surface area contributed by atoms with Crippen molar-refractivity contribution >= 4 is 33.5 Å². The molecule has 1 aromatic carbocycles. The van der Waals surface area contributed by atoms with Crippen LogP contribution in [0.25, 0.3) is 0 Å². The Balaban J connectivity index is 3.21. The fourth-order valence-electron chi connectivity index (χ4n) is 1.23. The van der Waals surface area contributed by atoms with E-state index in [9.17, 15) is 4.79 Å². The van der Waals surface area contributed by atoms with E-state index in [0.717, 1.165) is 0 Å². The highest BCUT2D eigenvalue weighted by atomic mass is 79.9. The minimum absolute atomic E-state index is 0.0752. The van der Waals surface area contributed by atoms with Crippen molar-refractivity contribution in [1.29, 1.82) is 5.26 Å². The second-order valence-electron chi connectivity index (χ2n) is 2.93. The molecule has 0 aliphatic rings. The highest BCUT2D eigenvalue weighted by Gasteiger charge is 2.10. The molecule has 0 spiro atoms. The van der Waals surface area contributed by atoms with Crippen LogP contribution < -0.4 is 0 Å². The smallest absolute Gasteiger partial charge is 0.307 e. The van der Waals surface area contributed by atoms with Crippen molar-refractivity contribution in [2.75, 3.05) is 0 Å². The van der Waals surface area contributed by atoms with Gasteiger partial charge in [-0.3, -0.25) is 4.79 Å². The molecule has 3 nitrogen and oxygen atoms in total. The van der Waals surface area contributed by atoms with Crippen molar-refractivity contribution in [3.8, 4) is 6.07 Å². The van der Waals surface area contributed by atoms with Gasteiger partial charge in [-0.1, -0.05) is 6.07 Å². The number of hydrogen-bond acceptors (Lipinski definition) is 2. The van der Waals surface area contributed by atoms with Gasteiger partial charge in [-0.2, -0.15) is 5.26 Å². The molecule has 1 rings (SSSR count). The number of halogens is 2. The monoisotopic (exact) mass is 287 g/mol. The van der Waals surface area contributed by atoms with E-state index < -0.39 is 5.97 Å². The molecule has 0 fully saturated rings. The summed E-state index contributed by atoms with van der Waals surface area (Å²) >= 11 is 8.89. The number of carboxylic acids is 1. The van der Waals surface area contributed by atoms with Gasteiger partial charge < -0.3 is 5.11 Å². The summed E-state index contributed by atoms with van der Waals surface area (Å²) in [5.74, 6) is -0.721. The van der Waals surface area contributed by atoms with Crippen molar-refractivity contribution in [2.45, 2.75) is 12.3 Å². The van der Waals surface area contributed by atoms with Crippen molar-refractivity contribution in [3.05, 3.63) is 33.3 Å². The number of alkyl halides is 1. The van der Waals surface area contributed by atoms with Gasteiger partial charge in [0.2, 0.25) is 0 Å². The third kappa shape index (κ3) is 2.95. The molecule has 0 aliphatic carbocycles. The summed E-state index contributed by atoms with van der Waals surface area (Å²) in [5, 5.41) is 17.5. The van der Waals surface area contributed by atoms with E-state index in [1.54, 1.807) is 12.1 Å². The van der Waals surface area contributed by atoms with E-state index >= 15 is 0 Å². The number of nitrogens with zero attached hydrogens (tertiary/aromatic N) is 1. The van der Waals surface area contributed by atoms with Crippen molar-refractivity contribution in [3.63, 3.8) is 0 Å². The Morgan fingerprint density at radius 1 is 1.60 bits per heavy atom. The Hall–Kier alpha value is -1.05. The highest BCUT2D eigenvalue weighted by molar-refractivity contribution is 9.10. The van der Waals surface area contributed by atoms with E-state index in [0.29, 0.717) is 21.2 Å². The molecular formula is C10H7BrClNO2. The van der Waals surface area contributed by atoms with Crippen LogP contribution >= 0.6 is 27.5 Å². The summed E-state index contributed by atoms with van der Waals surface area (Å²) in [7, 11) is 0. The van der Waals surface area contributed by atoms with Gasteiger partial charge in [-0.25, -0.2) is 0 Å². The Morgan fingerprint density at radius 3 is 2.73 bits per heavy atom. The molecule has 0 saturated heterocycles. The van der Waals surface area contributed by atoms with E-state index in [-0.39, 0.29) is 12.3 Å². The number of aliphatic carboxylic acids is 1. The minimum Gasteiger partial charge on any atom is -0.481 e. The van der Waals surface area contributed by atoms with Crippen molar-refractivity contribution < 1.29 is 9.90 Å². The Morgan fingerprint density at radius 2 is 2.27 bits per heavy atom. The van der Waals surface area contributed by atoms with Gasteiger partial charge in [0.05, 0.1) is 12.0 Å². The molecule has 78 valence electrons. The minimum atomic E-state index is -0.910. The van der Waals surface area contributed by atoms with Crippen LogP contribution in [0.4, 0.5) is 0 Å². The van der Waals surface area contributed by atoms with Gasteiger partial charge in [-0.15, -0.1) is 11.6 Å². The summed E-state index contributed by atoms with van der Waals surface area (Å²) in [6, 6.07) is 5.29. The molecular weight excluding hydrogens is 281 g/mol. The predicted molar refractivity (Wildman–Crippen MR) is 59.8 cm³/mol. The molecule has 0 heterocycles. The van der Waals surface area contributed by atoms with Gasteiger partial charge >= 0.3 is 5.97 Å². The summed E-state index contributed by atoms with van der Waals surface area (Å²) in [6.45, 7) is 0. The first-order chi connectivity index (χ1) is 7.08. The van der Waals surface area contributed by atoms with Gasteiger partial charge in [0.25, 0.3) is 0 Å². The normalized spacial score (nSPS) is 9.67. The van der Waals surface area contributed by atoms with Crippen LogP contribution in [-0.2, 0) is 17.1 Å². The second-order valence-corrected chi connectivity index (χ2v) is 4.05. The first kappa shape index (κ1) is 12.0. The molecule has 0 unspecified atom stereocenters. The molecule has 15 heavy (non-hydrogen) atoms. The molecule has 0 atom stereocenters. The van der Waals surface area contributed by atoms with Gasteiger partial charge in [-0.05, 0) is 33.1 Å². The van der Waals surface area contributed by atoms with E-state index in [1.165, 1.54) is 0 Å². The fraction of sp³-hybridized carbons (Fsp3) is 0.200. The van der Waals surface area contributed by atoms with Crippen LogP contribution in [-0.4, -0.2) is 11.1 Å². The summed E-state index contributed by atoms with van der Waals surface area (Å²) in [4.78, 5) is 10.5. The Kier molecular flexibility index (Phi) is 4.13. The van der Waals surface area contributed by atoms with Gasteiger partial charge in [0.15, 0.2) is 0 Å². The van der Waals surface area contributed by atoms with Crippen LogP contribution in [0, 0.1) is 11.3 Å².